The predicted molar refractivity (Wildman–Crippen MR) is 74.5 cm³/mol. The Kier molecular flexibility index (Phi) is 4.36. The molecule has 0 radical (unpaired) electrons. The molecule has 1 aromatic heterocycles. The molecule has 0 amide bonds. The molecule has 1 aromatic carbocycles. The van der Waals surface area contributed by atoms with Crippen molar-refractivity contribution in [3.05, 3.63) is 67.7 Å². The average molecular weight is 298 g/mol. The van der Waals surface area contributed by atoms with E-state index in [0.29, 0.717) is 5.56 Å². The second-order valence-electron chi connectivity index (χ2n) is 4.25. The molecule has 2 aromatic rings. The Morgan fingerprint density at radius 3 is 2.65 bits per heavy atom. The highest BCUT2D eigenvalue weighted by molar-refractivity contribution is 6.30. The second kappa shape index (κ2) is 6.02. The Morgan fingerprint density at radius 1 is 1.25 bits per heavy atom. The zero-order valence-electron chi connectivity index (χ0n) is 10.6. The summed E-state index contributed by atoms with van der Waals surface area (Å²) in [5, 5.41) is -0.00849. The van der Waals surface area contributed by atoms with Crippen LogP contribution in [0.1, 0.15) is 5.56 Å². The van der Waals surface area contributed by atoms with Crippen molar-refractivity contribution < 1.29 is 4.39 Å². The summed E-state index contributed by atoms with van der Waals surface area (Å²) < 4.78 is 15.5. The van der Waals surface area contributed by atoms with Crippen LogP contribution in [0.3, 0.4) is 0 Å². The van der Waals surface area contributed by atoms with Crippen molar-refractivity contribution in [1.29, 1.82) is 0 Å². The lowest BCUT2D eigenvalue weighted by molar-refractivity contribution is 0.578. The number of rotatable bonds is 4. The number of nitrogens with zero attached hydrogens (tertiary/aromatic N) is 2. The van der Waals surface area contributed by atoms with E-state index in [1.165, 1.54) is 35.0 Å². The first kappa shape index (κ1) is 14.5. The van der Waals surface area contributed by atoms with Gasteiger partial charge in [0.05, 0.1) is 11.6 Å². The molecule has 0 aliphatic heterocycles. The van der Waals surface area contributed by atoms with Crippen LogP contribution in [0.2, 0.25) is 5.02 Å². The first-order valence-electron chi connectivity index (χ1n) is 5.97. The Labute approximate surface area is 119 Å². The highest BCUT2D eigenvalue weighted by atomic mass is 35.5. The SMILES string of the molecule is NCCn1c(=O)ccn(Cc2ccc(F)c(Cl)c2)c1=O. The van der Waals surface area contributed by atoms with E-state index in [1.54, 1.807) is 0 Å². The summed E-state index contributed by atoms with van der Waals surface area (Å²) in [7, 11) is 0. The number of hydrogen-bond donors (Lipinski definition) is 1. The van der Waals surface area contributed by atoms with Crippen LogP contribution in [-0.2, 0) is 13.1 Å². The largest absolute Gasteiger partial charge is 0.331 e. The van der Waals surface area contributed by atoms with Gasteiger partial charge in [0.1, 0.15) is 5.82 Å². The molecule has 0 unspecified atom stereocenters. The molecule has 2 N–H and O–H groups in total. The van der Waals surface area contributed by atoms with Gasteiger partial charge in [-0.25, -0.2) is 9.18 Å². The number of aromatic nitrogens is 2. The molecule has 0 aliphatic rings. The van der Waals surface area contributed by atoms with Crippen LogP contribution in [0.5, 0.6) is 0 Å². The van der Waals surface area contributed by atoms with E-state index in [1.807, 2.05) is 0 Å². The molecule has 5 nitrogen and oxygen atoms in total. The lowest BCUT2D eigenvalue weighted by atomic mass is 10.2. The molecule has 0 saturated carbocycles. The lowest BCUT2D eigenvalue weighted by Crippen LogP contribution is -2.40. The minimum Gasteiger partial charge on any atom is -0.329 e. The van der Waals surface area contributed by atoms with Gasteiger partial charge in [-0.3, -0.25) is 13.9 Å². The van der Waals surface area contributed by atoms with Crippen LogP contribution >= 0.6 is 11.6 Å². The van der Waals surface area contributed by atoms with E-state index in [4.69, 9.17) is 17.3 Å². The molecule has 1 heterocycles. The molecule has 0 saturated heterocycles. The van der Waals surface area contributed by atoms with E-state index in [2.05, 4.69) is 0 Å². The predicted octanol–water partition coefficient (Wildman–Crippen LogP) is 0.810. The lowest BCUT2D eigenvalue weighted by Gasteiger charge is -2.09. The molecule has 2 rings (SSSR count). The van der Waals surface area contributed by atoms with Gasteiger partial charge in [0.25, 0.3) is 5.56 Å². The second-order valence-corrected chi connectivity index (χ2v) is 4.66. The van der Waals surface area contributed by atoms with Gasteiger partial charge in [0.2, 0.25) is 0 Å². The van der Waals surface area contributed by atoms with Crippen molar-refractivity contribution in [3.63, 3.8) is 0 Å². The van der Waals surface area contributed by atoms with Gasteiger partial charge in [-0.2, -0.15) is 0 Å². The molecule has 7 heteroatoms. The fourth-order valence-corrected chi connectivity index (χ4v) is 2.05. The van der Waals surface area contributed by atoms with Crippen LogP contribution in [0.4, 0.5) is 4.39 Å². The van der Waals surface area contributed by atoms with Gasteiger partial charge in [-0.05, 0) is 17.7 Å². The molecule has 0 fully saturated rings. The van der Waals surface area contributed by atoms with E-state index in [9.17, 15) is 14.0 Å². The maximum Gasteiger partial charge on any atom is 0.331 e. The number of hydrogen-bond acceptors (Lipinski definition) is 3. The van der Waals surface area contributed by atoms with E-state index < -0.39 is 17.1 Å². The van der Waals surface area contributed by atoms with Gasteiger partial charge in [0, 0.05) is 25.4 Å². The summed E-state index contributed by atoms with van der Waals surface area (Å²) in [6, 6.07) is 5.51. The third-order valence-electron chi connectivity index (χ3n) is 2.83. The monoisotopic (exact) mass is 297 g/mol. The van der Waals surface area contributed by atoms with Gasteiger partial charge in [0.15, 0.2) is 0 Å². The standard InChI is InChI=1S/C13H13ClFN3O2/c14-10-7-9(1-2-11(10)15)8-17-5-3-12(19)18(6-4-16)13(17)20/h1-3,5,7H,4,6,8,16H2. The van der Waals surface area contributed by atoms with Crippen molar-refractivity contribution in [3.8, 4) is 0 Å². The molecule has 0 aliphatic carbocycles. The molecule has 0 spiro atoms. The van der Waals surface area contributed by atoms with Crippen LogP contribution in [0.25, 0.3) is 0 Å². The zero-order valence-corrected chi connectivity index (χ0v) is 11.3. The molecule has 106 valence electrons. The fourth-order valence-electron chi connectivity index (χ4n) is 1.85. The summed E-state index contributed by atoms with van der Waals surface area (Å²) >= 11 is 5.69. The van der Waals surface area contributed by atoms with Crippen molar-refractivity contribution in [2.24, 2.45) is 5.73 Å². The number of halogens is 2. The van der Waals surface area contributed by atoms with Crippen LogP contribution in [-0.4, -0.2) is 15.7 Å². The van der Waals surface area contributed by atoms with Crippen molar-refractivity contribution in [2.75, 3.05) is 6.54 Å². The zero-order chi connectivity index (χ0) is 14.7. The summed E-state index contributed by atoms with van der Waals surface area (Å²) in [6.07, 6.45) is 1.40. The van der Waals surface area contributed by atoms with Gasteiger partial charge < -0.3 is 5.73 Å². The highest BCUT2D eigenvalue weighted by Gasteiger charge is 2.06. The minimum atomic E-state index is -0.518. The van der Waals surface area contributed by atoms with Crippen LogP contribution < -0.4 is 17.0 Å². The topological polar surface area (TPSA) is 70.0 Å². The Hall–Kier alpha value is -1.92. The summed E-state index contributed by atoms with van der Waals surface area (Å²) in [5.74, 6) is -0.518. The maximum absolute atomic E-state index is 13.1. The Morgan fingerprint density at radius 2 is 2.00 bits per heavy atom. The third-order valence-corrected chi connectivity index (χ3v) is 3.12. The molecule has 0 bridgehead atoms. The average Bonchev–Trinajstić information content (AvgIpc) is 2.42. The van der Waals surface area contributed by atoms with Crippen molar-refractivity contribution in [1.82, 2.24) is 9.13 Å². The first-order chi connectivity index (χ1) is 9.52. The van der Waals surface area contributed by atoms with Crippen molar-refractivity contribution >= 4 is 11.6 Å². The normalized spacial score (nSPS) is 10.8. The van der Waals surface area contributed by atoms with Crippen LogP contribution in [0, 0.1) is 5.82 Å². The summed E-state index contributed by atoms with van der Waals surface area (Å²) in [4.78, 5) is 23.7. The van der Waals surface area contributed by atoms with Gasteiger partial charge in [-0.15, -0.1) is 0 Å². The quantitative estimate of drug-likeness (QED) is 0.908. The van der Waals surface area contributed by atoms with Crippen LogP contribution in [0.15, 0.2) is 40.1 Å². The minimum absolute atomic E-state index is 0.00849. The fraction of sp³-hybridized carbons (Fsp3) is 0.231. The first-order valence-corrected chi connectivity index (χ1v) is 6.35. The molecule has 20 heavy (non-hydrogen) atoms. The number of nitrogens with two attached hydrogens (primary N) is 1. The van der Waals surface area contributed by atoms with Crippen molar-refractivity contribution in [2.45, 2.75) is 13.1 Å². The molecule has 0 atom stereocenters. The Balaban J connectivity index is 2.39. The molecular weight excluding hydrogens is 285 g/mol. The summed E-state index contributed by atoms with van der Waals surface area (Å²) in [5.41, 5.74) is 5.18. The van der Waals surface area contributed by atoms with E-state index in [0.717, 1.165) is 4.57 Å². The van der Waals surface area contributed by atoms with Gasteiger partial charge >= 0.3 is 5.69 Å². The van der Waals surface area contributed by atoms with E-state index in [-0.39, 0.29) is 24.7 Å². The molecular formula is C13H13ClFN3O2. The number of benzene rings is 1. The maximum atomic E-state index is 13.1. The van der Waals surface area contributed by atoms with Gasteiger partial charge in [-0.1, -0.05) is 17.7 Å². The third kappa shape index (κ3) is 2.97. The van der Waals surface area contributed by atoms with E-state index >= 15 is 0 Å². The Bertz CT molecular complexity index is 739. The highest BCUT2D eigenvalue weighted by Crippen LogP contribution is 2.16. The summed E-state index contributed by atoms with van der Waals surface area (Å²) in [6.45, 7) is 0.550. The smallest absolute Gasteiger partial charge is 0.329 e.